The van der Waals surface area contributed by atoms with Crippen molar-refractivity contribution in [3.05, 3.63) is 59.7 Å². The molecule has 5 heteroatoms. The van der Waals surface area contributed by atoms with Gasteiger partial charge in [0, 0.05) is 18.8 Å². The van der Waals surface area contributed by atoms with Crippen LogP contribution in [-0.2, 0) is 11.2 Å². The Hall–Kier alpha value is -2.82. The molecule has 1 heterocycles. The van der Waals surface area contributed by atoms with Gasteiger partial charge in [0.2, 0.25) is 5.91 Å². The van der Waals surface area contributed by atoms with Gasteiger partial charge in [-0.25, -0.2) is 0 Å². The lowest BCUT2D eigenvalue weighted by atomic mass is 10.1. The minimum Gasteiger partial charge on any atom is -0.399 e. The molecule has 1 saturated heterocycles. The molecule has 2 aromatic carbocycles. The smallest absolute Gasteiger partial charge is 0.255 e. The van der Waals surface area contributed by atoms with Crippen LogP contribution in [-0.4, -0.2) is 29.8 Å². The van der Waals surface area contributed by atoms with E-state index in [1.54, 1.807) is 24.3 Å². The van der Waals surface area contributed by atoms with Crippen LogP contribution in [0.5, 0.6) is 0 Å². The van der Waals surface area contributed by atoms with Crippen molar-refractivity contribution >= 4 is 23.2 Å². The summed E-state index contributed by atoms with van der Waals surface area (Å²) < 4.78 is 0. The third kappa shape index (κ3) is 4.38. The SMILES string of the molecule is Nc1ccc(CC(=O)Nc2ccccc2C(=O)N2CCCCC2)cc1. The molecule has 1 aliphatic rings. The molecule has 2 aromatic rings. The average Bonchev–Trinajstić information content (AvgIpc) is 2.64. The van der Waals surface area contributed by atoms with Crippen LogP contribution >= 0.6 is 0 Å². The maximum absolute atomic E-state index is 12.8. The monoisotopic (exact) mass is 337 g/mol. The first-order chi connectivity index (χ1) is 12.1. The summed E-state index contributed by atoms with van der Waals surface area (Å²) in [6.45, 7) is 1.57. The van der Waals surface area contributed by atoms with Crippen molar-refractivity contribution < 1.29 is 9.59 Å². The van der Waals surface area contributed by atoms with E-state index in [9.17, 15) is 9.59 Å². The molecular formula is C20H23N3O2. The van der Waals surface area contributed by atoms with Crippen molar-refractivity contribution in [3.8, 4) is 0 Å². The lowest BCUT2D eigenvalue weighted by molar-refractivity contribution is -0.115. The number of likely N-dealkylation sites (tertiary alicyclic amines) is 1. The van der Waals surface area contributed by atoms with Gasteiger partial charge in [0.25, 0.3) is 5.91 Å². The van der Waals surface area contributed by atoms with Gasteiger partial charge in [-0.2, -0.15) is 0 Å². The number of nitrogens with zero attached hydrogens (tertiary/aromatic N) is 1. The molecule has 2 amide bonds. The second-order valence-electron chi connectivity index (χ2n) is 6.36. The molecule has 0 unspecified atom stereocenters. The van der Waals surface area contributed by atoms with Crippen molar-refractivity contribution in [2.45, 2.75) is 25.7 Å². The Morgan fingerprint density at radius 3 is 2.36 bits per heavy atom. The summed E-state index contributed by atoms with van der Waals surface area (Å²) in [6, 6.07) is 14.4. The molecule has 0 radical (unpaired) electrons. The lowest BCUT2D eigenvalue weighted by Gasteiger charge is -2.27. The van der Waals surface area contributed by atoms with Crippen LogP contribution in [0.25, 0.3) is 0 Å². The predicted octanol–water partition coefficient (Wildman–Crippen LogP) is 3.08. The van der Waals surface area contributed by atoms with Gasteiger partial charge >= 0.3 is 0 Å². The van der Waals surface area contributed by atoms with Crippen molar-refractivity contribution in [2.24, 2.45) is 0 Å². The zero-order valence-corrected chi connectivity index (χ0v) is 14.2. The molecule has 1 fully saturated rings. The fourth-order valence-corrected chi connectivity index (χ4v) is 3.06. The molecule has 0 saturated carbocycles. The van der Waals surface area contributed by atoms with E-state index in [1.165, 1.54) is 6.42 Å². The Morgan fingerprint density at radius 1 is 0.960 bits per heavy atom. The minimum absolute atomic E-state index is 0.0110. The van der Waals surface area contributed by atoms with E-state index in [2.05, 4.69) is 5.32 Å². The second kappa shape index (κ2) is 7.83. The van der Waals surface area contributed by atoms with Crippen LogP contribution in [0.15, 0.2) is 48.5 Å². The highest BCUT2D eigenvalue weighted by Crippen LogP contribution is 2.20. The van der Waals surface area contributed by atoms with Crippen molar-refractivity contribution in [3.63, 3.8) is 0 Å². The second-order valence-corrected chi connectivity index (χ2v) is 6.36. The zero-order chi connectivity index (χ0) is 17.6. The molecule has 130 valence electrons. The quantitative estimate of drug-likeness (QED) is 0.842. The Balaban J connectivity index is 1.70. The van der Waals surface area contributed by atoms with Gasteiger partial charge < -0.3 is 16.0 Å². The molecular weight excluding hydrogens is 314 g/mol. The first kappa shape index (κ1) is 17.0. The van der Waals surface area contributed by atoms with Crippen LogP contribution < -0.4 is 11.1 Å². The number of anilines is 2. The molecule has 3 rings (SSSR count). The molecule has 0 spiro atoms. The lowest BCUT2D eigenvalue weighted by Crippen LogP contribution is -2.36. The minimum atomic E-state index is -0.149. The maximum Gasteiger partial charge on any atom is 0.255 e. The fraction of sp³-hybridized carbons (Fsp3) is 0.300. The number of piperidine rings is 1. The Morgan fingerprint density at radius 2 is 1.64 bits per heavy atom. The Labute approximate surface area is 147 Å². The number of amides is 2. The number of benzene rings is 2. The molecule has 1 aliphatic heterocycles. The van der Waals surface area contributed by atoms with Gasteiger partial charge in [-0.3, -0.25) is 9.59 Å². The third-order valence-corrected chi connectivity index (χ3v) is 4.42. The highest BCUT2D eigenvalue weighted by atomic mass is 16.2. The average molecular weight is 337 g/mol. The van der Waals surface area contributed by atoms with Gasteiger partial charge in [0.1, 0.15) is 0 Å². The van der Waals surface area contributed by atoms with E-state index in [0.717, 1.165) is 31.5 Å². The third-order valence-electron chi connectivity index (χ3n) is 4.42. The van der Waals surface area contributed by atoms with E-state index in [0.29, 0.717) is 16.9 Å². The fourth-order valence-electron chi connectivity index (χ4n) is 3.06. The molecule has 5 nitrogen and oxygen atoms in total. The Bertz CT molecular complexity index is 750. The highest BCUT2D eigenvalue weighted by molar-refractivity contribution is 6.04. The number of nitrogens with two attached hydrogens (primary N) is 1. The zero-order valence-electron chi connectivity index (χ0n) is 14.2. The highest BCUT2D eigenvalue weighted by Gasteiger charge is 2.21. The summed E-state index contributed by atoms with van der Waals surface area (Å²) >= 11 is 0. The maximum atomic E-state index is 12.8. The van der Waals surface area contributed by atoms with Crippen molar-refractivity contribution in [2.75, 3.05) is 24.1 Å². The van der Waals surface area contributed by atoms with E-state index in [1.807, 2.05) is 29.2 Å². The van der Waals surface area contributed by atoms with Gasteiger partial charge in [-0.05, 0) is 49.1 Å². The van der Waals surface area contributed by atoms with E-state index in [4.69, 9.17) is 5.73 Å². The molecule has 3 N–H and O–H groups in total. The van der Waals surface area contributed by atoms with Crippen LogP contribution in [0.4, 0.5) is 11.4 Å². The first-order valence-electron chi connectivity index (χ1n) is 8.66. The van der Waals surface area contributed by atoms with E-state index >= 15 is 0 Å². The Kier molecular flexibility index (Phi) is 5.33. The van der Waals surface area contributed by atoms with Gasteiger partial charge in [-0.15, -0.1) is 0 Å². The van der Waals surface area contributed by atoms with Crippen molar-refractivity contribution in [1.29, 1.82) is 0 Å². The summed E-state index contributed by atoms with van der Waals surface area (Å²) in [4.78, 5) is 27.0. The number of nitrogen functional groups attached to an aromatic ring is 1. The van der Waals surface area contributed by atoms with E-state index in [-0.39, 0.29) is 18.2 Å². The number of carbonyl (C=O) groups excluding carboxylic acids is 2. The van der Waals surface area contributed by atoms with Crippen LogP contribution in [0.1, 0.15) is 35.2 Å². The topological polar surface area (TPSA) is 75.4 Å². The largest absolute Gasteiger partial charge is 0.399 e. The standard InChI is InChI=1S/C20H23N3O2/c21-16-10-8-15(9-11-16)14-19(24)22-18-7-3-2-6-17(18)20(25)23-12-4-1-5-13-23/h2-3,6-11H,1,4-5,12-14,21H2,(H,22,24). The molecule has 0 aromatic heterocycles. The van der Waals surface area contributed by atoms with Crippen LogP contribution in [0.3, 0.4) is 0 Å². The molecule has 25 heavy (non-hydrogen) atoms. The van der Waals surface area contributed by atoms with Crippen molar-refractivity contribution in [1.82, 2.24) is 4.90 Å². The summed E-state index contributed by atoms with van der Waals surface area (Å²) in [6.07, 6.45) is 3.49. The number of nitrogens with one attached hydrogen (secondary N) is 1. The number of hydrogen-bond donors (Lipinski definition) is 2. The summed E-state index contributed by atoms with van der Waals surface area (Å²) in [5, 5.41) is 2.88. The van der Waals surface area contributed by atoms with Gasteiger partial charge in [0.05, 0.1) is 17.7 Å². The number of para-hydroxylation sites is 1. The first-order valence-corrected chi connectivity index (χ1v) is 8.66. The normalized spacial score (nSPS) is 14.2. The molecule has 0 aliphatic carbocycles. The summed E-state index contributed by atoms with van der Waals surface area (Å²) in [5.41, 5.74) is 8.33. The van der Waals surface area contributed by atoms with Gasteiger partial charge in [0.15, 0.2) is 0 Å². The van der Waals surface area contributed by atoms with Crippen LogP contribution in [0, 0.1) is 0 Å². The number of hydrogen-bond acceptors (Lipinski definition) is 3. The summed E-state index contributed by atoms with van der Waals surface area (Å²) in [5.74, 6) is -0.160. The number of carbonyl (C=O) groups is 2. The van der Waals surface area contributed by atoms with Gasteiger partial charge in [-0.1, -0.05) is 24.3 Å². The summed E-state index contributed by atoms with van der Waals surface area (Å²) in [7, 11) is 0. The van der Waals surface area contributed by atoms with Crippen LogP contribution in [0.2, 0.25) is 0 Å². The van der Waals surface area contributed by atoms with E-state index < -0.39 is 0 Å². The predicted molar refractivity (Wildman–Crippen MR) is 99.4 cm³/mol. The molecule has 0 atom stereocenters. The number of rotatable bonds is 4. The molecule has 0 bridgehead atoms.